The van der Waals surface area contributed by atoms with Crippen molar-refractivity contribution in [3.63, 3.8) is 0 Å². The van der Waals surface area contributed by atoms with Crippen molar-refractivity contribution in [2.75, 3.05) is 6.54 Å². The lowest BCUT2D eigenvalue weighted by molar-refractivity contribution is 0.472. The third-order valence-corrected chi connectivity index (χ3v) is 2.05. The highest BCUT2D eigenvalue weighted by Gasteiger charge is 2.02. The van der Waals surface area contributed by atoms with Crippen molar-refractivity contribution in [1.82, 2.24) is 0 Å². The number of hydrogen-bond donors (Lipinski definition) is 1. The zero-order valence-electron chi connectivity index (χ0n) is 7.68. The Morgan fingerprint density at radius 1 is 1.45 bits per heavy atom. The van der Waals surface area contributed by atoms with Gasteiger partial charge < -0.3 is 5.73 Å². The fourth-order valence-corrected chi connectivity index (χ4v) is 1.25. The SMILES string of the molecule is C=CCC(CN)CCCCC. The van der Waals surface area contributed by atoms with E-state index in [2.05, 4.69) is 13.5 Å². The zero-order valence-corrected chi connectivity index (χ0v) is 7.68. The van der Waals surface area contributed by atoms with E-state index in [-0.39, 0.29) is 0 Å². The van der Waals surface area contributed by atoms with Gasteiger partial charge in [0.15, 0.2) is 0 Å². The summed E-state index contributed by atoms with van der Waals surface area (Å²) in [6, 6.07) is 0. The summed E-state index contributed by atoms with van der Waals surface area (Å²) >= 11 is 0. The van der Waals surface area contributed by atoms with Crippen LogP contribution in [0.2, 0.25) is 0 Å². The standard InChI is InChI=1S/C10H21N/c1-3-5-6-8-10(9-11)7-4-2/h4,10H,2-3,5-9,11H2,1H3. The second kappa shape index (κ2) is 7.80. The predicted molar refractivity (Wildman–Crippen MR) is 51.5 cm³/mol. The van der Waals surface area contributed by atoms with Crippen LogP contribution in [0.15, 0.2) is 12.7 Å². The third-order valence-electron chi connectivity index (χ3n) is 2.05. The molecule has 0 aliphatic heterocycles. The molecule has 0 bridgehead atoms. The Balaban J connectivity index is 3.27. The van der Waals surface area contributed by atoms with Gasteiger partial charge in [-0.05, 0) is 25.3 Å². The Morgan fingerprint density at radius 3 is 2.64 bits per heavy atom. The number of allylic oxidation sites excluding steroid dienone is 1. The number of nitrogens with two attached hydrogens (primary N) is 1. The van der Waals surface area contributed by atoms with E-state index >= 15 is 0 Å². The molecule has 66 valence electrons. The molecule has 0 aliphatic rings. The molecule has 0 aliphatic carbocycles. The number of hydrogen-bond acceptors (Lipinski definition) is 1. The molecule has 11 heavy (non-hydrogen) atoms. The summed E-state index contributed by atoms with van der Waals surface area (Å²) in [6.07, 6.45) is 8.30. The van der Waals surface area contributed by atoms with E-state index in [1.807, 2.05) is 6.08 Å². The molecule has 0 spiro atoms. The topological polar surface area (TPSA) is 26.0 Å². The van der Waals surface area contributed by atoms with Crippen molar-refractivity contribution in [3.05, 3.63) is 12.7 Å². The first kappa shape index (κ1) is 10.7. The van der Waals surface area contributed by atoms with Gasteiger partial charge in [0.25, 0.3) is 0 Å². The Labute approximate surface area is 70.7 Å². The van der Waals surface area contributed by atoms with Gasteiger partial charge >= 0.3 is 0 Å². The lowest BCUT2D eigenvalue weighted by Crippen LogP contribution is -2.13. The maximum atomic E-state index is 5.59. The van der Waals surface area contributed by atoms with Crippen molar-refractivity contribution in [2.45, 2.75) is 39.0 Å². The molecule has 0 radical (unpaired) electrons. The van der Waals surface area contributed by atoms with Crippen LogP contribution in [0.25, 0.3) is 0 Å². The molecule has 0 amide bonds. The van der Waals surface area contributed by atoms with Crippen LogP contribution in [0.3, 0.4) is 0 Å². The molecule has 0 saturated carbocycles. The molecule has 1 heteroatoms. The molecule has 2 N–H and O–H groups in total. The molecule has 0 aromatic carbocycles. The van der Waals surface area contributed by atoms with Crippen LogP contribution in [0.4, 0.5) is 0 Å². The largest absolute Gasteiger partial charge is 0.330 e. The summed E-state index contributed by atoms with van der Waals surface area (Å²) in [7, 11) is 0. The first-order chi connectivity index (χ1) is 5.35. The lowest BCUT2D eigenvalue weighted by Gasteiger charge is -2.10. The van der Waals surface area contributed by atoms with Crippen LogP contribution in [0.1, 0.15) is 39.0 Å². The highest BCUT2D eigenvalue weighted by Crippen LogP contribution is 2.12. The minimum atomic E-state index is 0.680. The average molecular weight is 155 g/mol. The van der Waals surface area contributed by atoms with Gasteiger partial charge in [-0.2, -0.15) is 0 Å². The summed E-state index contributed by atoms with van der Waals surface area (Å²) in [5.74, 6) is 0.680. The van der Waals surface area contributed by atoms with Crippen molar-refractivity contribution >= 4 is 0 Å². The van der Waals surface area contributed by atoms with Gasteiger partial charge in [-0.25, -0.2) is 0 Å². The molecular formula is C10H21N. The normalized spacial score (nSPS) is 12.9. The van der Waals surface area contributed by atoms with Gasteiger partial charge in [-0.1, -0.05) is 32.3 Å². The molecular weight excluding hydrogens is 134 g/mol. The minimum Gasteiger partial charge on any atom is -0.330 e. The molecule has 1 nitrogen and oxygen atoms in total. The van der Waals surface area contributed by atoms with E-state index in [9.17, 15) is 0 Å². The van der Waals surface area contributed by atoms with Crippen LogP contribution in [0, 0.1) is 5.92 Å². The maximum absolute atomic E-state index is 5.59. The van der Waals surface area contributed by atoms with Gasteiger partial charge in [0.1, 0.15) is 0 Å². The Bertz CT molecular complexity index is 88.9. The highest BCUT2D eigenvalue weighted by atomic mass is 14.5. The van der Waals surface area contributed by atoms with Gasteiger partial charge in [-0.15, -0.1) is 6.58 Å². The summed E-state index contributed by atoms with van der Waals surface area (Å²) in [6.45, 7) is 6.76. The van der Waals surface area contributed by atoms with E-state index in [1.165, 1.54) is 25.7 Å². The molecule has 0 rings (SSSR count). The maximum Gasteiger partial charge on any atom is -0.00459 e. The third kappa shape index (κ3) is 6.11. The monoisotopic (exact) mass is 155 g/mol. The minimum absolute atomic E-state index is 0.680. The van der Waals surface area contributed by atoms with E-state index in [4.69, 9.17) is 5.73 Å². The summed E-state index contributed by atoms with van der Waals surface area (Å²) in [5, 5.41) is 0. The van der Waals surface area contributed by atoms with Crippen molar-refractivity contribution in [1.29, 1.82) is 0 Å². The fraction of sp³-hybridized carbons (Fsp3) is 0.800. The quantitative estimate of drug-likeness (QED) is 0.444. The van der Waals surface area contributed by atoms with E-state index < -0.39 is 0 Å². The first-order valence-electron chi connectivity index (χ1n) is 4.66. The number of unbranched alkanes of at least 4 members (excludes halogenated alkanes) is 2. The van der Waals surface area contributed by atoms with Gasteiger partial charge in [0.2, 0.25) is 0 Å². The van der Waals surface area contributed by atoms with Crippen molar-refractivity contribution in [3.8, 4) is 0 Å². The summed E-state index contributed by atoms with van der Waals surface area (Å²) < 4.78 is 0. The van der Waals surface area contributed by atoms with E-state index in [0.29, 0.717) is 5.92 Å². The Morgan fingerprint density at radius 2 is 2.18 bits per heavy atom. The molecule has 0 aromatic heterocycles. The molecule has 0 fully saturated rings. The molecule has 1 atom stereocenters. The van der Waals surface area contributed by atoms with Gasteiger partial charge in [0.05, 0.1) is 0 Å². The Hall–Kier alpha value is -0.300. The van der Waals surface area contributed by atoms with Crippen molar-refractivity contribution < 1.29 is 0 Å². The van der Waals surface area contributed by atoms with Crippen LogP contribution in [0.5, 0.6) is 0 Å². The second-order valence-corrected chi connectivity index (χ2v) is 3.12. The van der Waals surface area contributed by atoms with Crippen molar-refractivity contribution in [2.24, 2.45) is 11.7 Å². The summed E-state index contributed by atoms with van der Waals surface area (Å²) in [5.41, 5.74) is 5.59. The van der Waals surface area contributed by atoms with Crippen LogP contribution in [-0.4, -0.2) is 6.54 Å². The van der Waals surface area contributed by atoms with Gasteiger partial charge in [0, 0.05) is 0 Å². The number of rotatable bonds is 7. The predicted octanol–water partition coefficient (Wildman–Crippen LogP) is 2.72. The highest BCUT2D eigenvalue weighted by molar-refractivity contribution is 4.73. The summed E-state index contributed by atoms with van der Waals surface area (Å²) in [4.78, 5) is 0. The van der Waals surface area contributed by atoms with Crippen LogP contribution >= 0.6 is 0 Å². The van der Waals surface area contributed by atoms with Gasteiger partial charge in [-0.3, -0.25) is 0 Å². The molecule has 0 aromatic rings. The zero-order chi connectivity index (χ0) is 8.53. The molecule has 1 unspecified atom stereocenters. The average Bonchev–Trinajstić information content (AvgIpc) is 2.03. The van der Waals surface area contributed by atoms with Crippen LogP contribution in [-0.2, 0) is 0 Å². The molecule has 0 heterocycles. The Kier molecular flexibility index (Phi) is 7.59. The lowest BCUT2D eigenvalue weighted by atomic mass is 9.98. The second-order valence-electron chi connectivity index (χ2n) is 3.12. The first-order valence-corrected chi connectivity index (χ1v) is 4.66. The molecule has 0 saturated heterocycles. The smallest absolute Gasteiger partial charge is 0.00459 e. The van der Waals surface area contributed by atoms with E-state index in [0.717, 1.165) is 13.0 Å². The van der Waals surface area contributed by atoms with Crippen LogP contribution < -0.4 is 5.73 Å². The van der Waals surface area contributed by atoms with E-state index in [1.54, 1.807) is 0 Å². The fourth-order valence-electron chi connectivity index (χ4n) is 1.25.